The maximum absolute atomic E-state index is 14.1. The number of pyridine rings is 1. The van der Waals surface area contributed by atoms with Crippen LogP contribution in [0.1, 0.15) is 42.0 Å². The Morgan fingerprint density at radius 1 is 0.926 bits per heavy atom. The van der Waals surface area contributed by atoms with Crippen molar-refractivity contribution in [3.63, 3.8) is 0 Å². The van der Waals surface area contributed by atoms with E-state index < -0.39 is 0 Å². The van der Waals surface area contributed by atoms with Gasteiger partial charge in [0.1, 0.15) is 24.0 Å². The Kier molecular flexibility index (Phi) is 4.06. The van der Waals surface area contributed by atoms with E-state index in [1.807, 2.05) is 6.07 Å². The minimum Gasteiger partial charge on any atom is -0.455 e. The number of furan rings is 1. The third kappa shape index (κ3) is 2.64. The van der Waals surface area contributed by atoms with Crippen molar-refractivity contribution < 1.29 is 13.4 Å². The molecule has 0 fully saturated rings. The van der Waals surface area contributed by atoms with E-state index in [1.165, 1.54) is 17.2 Å². The normalized spacial score (nSPS) is 11.9. The van der Waals surface area contributed by atoms with Crippen LogP contribution in [0.3, 0.4) is 0 Å². The summed E-state index contributed by atoms with van der Waals surface area (Å²) < 4.78 is 22.5. The fourth-order valence-electron chi connectivity index (χ4n) is 4.10. The average Bonchev–Trinajstić information content (AvgIpc) is 2.98. The van der Waals surface area contributed by atoms with Crippen LogP contribution in [0.25, 0.3) is 33.2 Å². The molecule has 0 saturated carbocycles. The number of aryl methyl sites for hydroxylation is 4. The third-order valence-corrected chi connectivity index (χ3v) is 5.59. The van der Waals surface area contributed by atoms with E-state index in [4.69, 9.17) is 4.42 Å². The molecule has 2 heterocycles. The Balaban J connectivity index is 2.13. The smallest absolute Gasteiger partial charge is 0.216 e. The second kappa shape index (κ2) is 6.19. The number of hydrogen-bond donors (Lipinski definition) is 0. The van der Waals surface area contributed by atoms with E-state index in [1.54, 1.807) is 6.92 Å². The maximum atomic E-state index is 14.1. The van der Waals surface area contributed by atoms with Crippen LogP contribution in [-0.4, -0.2) is 0 Å². The van der Waals surface area contributed by atoms with Gasteiger partial charge in [0.15, 0.2) is 6.20 Å². The molecule has 0 aliphatic carbocycles. The number of benzene rings is 2. The second-order valence-corrected chi connectivity index (χ2v) is 7.85. The summed E-state index contributed by atoms with van der Waals surface area (Å²) in [5, 5.41) is 1.99. The van der Waals surface area contributed by atoms with Crippen LogP contribution in [0.5, 0.6) is 0 Å². The zero-order chi connectivity index (χ0) is 19.5. The second-order valence-electron chi connectivity index (χ2n) is 7.85. The lowest BCUT2D eigenvalue weighted by Crippen LogP contribution is -2.32. The number of halogens is 1. The van der Waals surface area contributed by atoms with Crippen molar-refractivity contribution in [2.75, 3.05) is 0 Å². The van der Waals surface area contributed by atoms with E-state index in [9.17, 15) is 4.39 Å². The summed E-state index contributed by atoms with van der Waals surface area (Å²) in [7, 11) is 2.07. The minimum absolute atomic E-state index is 0.234. The molecule has 138 valence electrons. The summed E-state index contributed by atoms with van der Waals surface area (Å²) in [5.74, 6) is 0.208. The Bertz CT molecular complexity index is 1200. The largest absolute Gasteiger partial charge is 0.455 e. The number of hydrogen-bond acceptors (Lipinski definition) is 1. The molecule has 0 saturated heterocycles. The van der Waals surface area contributed by atoms with Crippen molar-refractivity contribution in [3.05, 3.63) is 64.6 Å². The van der Waals surface area contributed by atoms with Gasteiger partial charge in [-0.3, -0.25) is 0 Å². The molecule has 3 heteroatoms. The number of fused-ring (bicyclic) bond motifs is 3. The van der Waals surface area contributed by atoms with E-state index in [2.05, 4.69) is 63.7 Å². The highest BCUT2D eigenvalue weighted by Crippen LogP contribution is 2.39. The van der Waals surface area contributed by atoms with E-state index in [0.29, 0.717) is 17.1 Å². The van der Waals surface area contributed by atoms with Gasteiger partial charge in [0.25, 0.3) is 0 Å². The summed E-state index contributed by atoms with van der Waals surface area (Å²) in [6, 6.07) is 9.81. The zero-order valence-corrected chi connectivity index (χ0v) is 16.8. The molecule has 2 aromatic heterocycles. The average molecular weight is 362 g/mol. The molecule has 0 N–H and O–H groups in total. The molecule has 4 aromatic rings. The Morgan fingerprint density at radius 3 is 2.30 bits per heavy atom. The molecule has 0 atom stereocenters. The van der Waals surface area contributed by atoms with Gasteiger partial charge in [-0.2, -0.15) is 0 Å². The van der Waals surface area contributed by atoms with Crippen molar-refractivity contribution >= 4 is 21.9 Å². The van der Waals surface area contributed by atoms with Gasteiger partial charge >= 0.3 is 0 Å². The lowest BCUT2D eigenvalue weighted by Gasteiger charge is -2.12. The van der Waals surface area contributed by atoms with Gasteiger partial charge in [0.05, 0.1) is 5.56 Å². The van der Waals surface area contributed by atoms with Gasteiger partial charge in [0, 0.05) is 28.0 Å². The summed E-state index contributed by atoms with van der Waals surface area (Å²) in [4.78, 5) is 0. The molecular formula is C24H25FNO+. The first-order valence-electron chi connectivity index (χ1n) is 9.41. The van der Waals surface area contributed by atoms with Crippen molar-refractivity contribution in [1.29, 1.82) is 0 Å². The van der Waals surface area contributed by atoms with Gasteiger partial charge < -0.3 is 4.42 Å². The van der Waals surface area contributed by atoms with Gasteiger partial charge in [-0.05, 0) is 49.9 Å². The van der Waals surface area contributed by atoms with Gasteiger partial charge in [0.2, 0.25) is 5.69 Å². The predicted molar refractivity (Wildman–Crippen MR) is 109 cm³/mol. The van der Waals surface area contributed by atoms with Crippen molar-refractivity contribution in [2.24, 2.45) is 7.05 Å². The number of nitrogens with zero attached hydrogens (tertiary/aromatic N) is 1. The first-order chi connectivity index (χ1) is 12.8. The third-order valence-electron chi connectivity index (χ3n) is 5.59. The lowest BCUT2D eigenvalue weighted by molar-refractivity contribution is -0.660. The fourth-order valence-corrected chi connectivity index (χ4v) is 4.10. The zero-order valence-electron chi connectivity index (χ0n) is 16.8. The molecule has 0 spiro atoms. The molecule has 0 aliphatic heterocycles. The highest BCUT2D eigenvalue weighted by Gasteiger charge is 2.23. The molecule has 27 heavy (non-hydrogen) atoms. The van der Waals surface area contributed by atoms with Crippen LogP contribution in [0.2, 0.25) is 0 Å². The summed E-state index contributed by atoms with van der Waals surface area (Å²) in [6.07, 6.45) is 2.18. The Morgan fingerprint density at radius 2 is 1.59 bits per heavy atom. The summed E-state index contributed by atoms with van der Waals surface area (Å²) >= 11 is 0. The molecular weight excluding hydrogens is 337 g/mol. The van der Waals surface area contributed by atoms with Crippen molar-refractivity contribution in [2.45, 2.75) is 40.5 Å². The van der Waals surface area contributed by atoms with Crippen LogP contribution < -0.4 is 4.57 Å². The van der Waals surface area contributed by atoms with Crippen LogP contribution >= 0.6 is 0 Å². The maximum Gasteiger partial charge on any atom is 0.216 e. The first kappa shape index (κ1) is 17.7. The predicted octanol–water partition coefficient (Wildman–Crippen LogP) is 6.27. The fraction of sp³-hybridized carbons (Fsp3) is 0.292. The van der Waals surface area contributed by atoms with Gasteiger partial charge in [-0.1, -0.05) is 26.0 Å². The van der Waals surface area contributed by atoms with Crippen LogP contribution in [0.4, 0.5) is 4.39 Å². The molecule has 2 aromatic carbocycles. The standard InChI is InChI=1S/C24H25FNO/c1-13(2)19-11-21(26(6)12-15(19)4)22-14(3)7-8-18-17-9-10-20(25)16(5)23(17)27-24(18)22/h7-13H,1-6H3/q+1. The summed E-state index contributed by atoms with van der Waals surface area (Å²) in [6.45, 7) is 10.5. The molecule has 0 bridgehead atoms. The first-order valence-corrected chi connectivity index (χ1v) is 9.41. The lowest BCUT2D eigenvalue weighted by atomic mass is 9.94. The molecule has 0 amide bonds. The Labute approximate surface area is 159 Å². The van der Waals surface area contributed by atoms with E-state index in [0.717, 1.165) is 33.2 Å². The van der Waals surface area contributed by atoms with Crippen LogP contribution in [-0.2, 0) is 7.05 Å². The van der Waals surface area contributed by atoms with Gasteiger partial charge in [-0.25, -0.2) is 8.96 Å². The molecule has 0 radical (unpaired) electrons. The van der Waals surface area contributed by atoms with E-state index in [-0.39, 0.29) is 5.82 Å². The van der Waals surface area contributed by atoms with E-state index >= 15 is 0 Å². The van der Waals surface area contributed by atoms with Crippen LogP contribution in [0, 0.1) is 26.6 Å². The highest BCUT2D eigenvalue weighted by molar-refractivity contribution is 6.10. The van der Waals surface area contributed by atoms with Crippen molar-refractivity contribution in [3.8, 4) is 11.3 Å². The number of aromatic nitrogens is 1. The summed E-state index contributed by atoms with van der Waals surface area (Å²) in [5.41, 5.74) is 7.97. The Hall–Kier alpha value is -2.68. The number of rotatable bonds is 2. The quantitative estimate of drug-likeness (QED) is 0.384. The highest BCUT2D eigenvalue weighted by atomic mass is 19.1. The minimum atomic E-state index is -0.234. The van der Waals surface area contributed by atoms with Crippen LogP contribution in [0.15, 0.2) is 40.9 Å². The monoisotopic (exact) mass is 362 g/mol. The molecule has 0 unspecified atom stereocenters. The topological polar surface area (TPSA) is 17.0 Å². The molecule has 4 rings (SSSR count). The molecule has 2 nitrogen and oxygen atoms in total. The molecule has 0 aliphatic rings. The van der Waals surface area contributed by atoms with Gasteiger partial charge in [-0.15, -0.1) is 0 Å². The SMILES string of the molecule is Cc1c[n+](C)c(-c2c(C)ccc3c2oc2c(C)c(F)ccc23)cc1C(C)C. The van der Waals surface area contributed by atoms with Crippen molar-refractivity contribution in [1.82, 2.24) is 0 Å².